The van der Waals surface area contributed by atoms with E-state index in [1.165, 1.54) is 4.88 Å². The second-order valence-corrected chi connectivity index (χ2v) is 3.15. The summed E-state index contributed by atoms with van der Waals surface area (Å²) in [6, 6.07) is 4.27. The van der Waals surface area contributed by atoms with Crippen molar-refractivity contribution in [2.24, 2.45) is 0 Å². The molecule has 9 heavy (non-hydrogen) atoms. The summed E-state index contributed by atoms with van der Waals surface area (Å²) in [7, 11) is 0. The molecule has 1 heteroatoms. The molecule has 0 saturated carbocycles. The van der Waals surface area contributed by atoms with E-state index in [9.17, 15) is 0 Å². The summed E-state index contributed by atoms with van der Waals surface area (Å²) < 4.78 is 0. The Balaban J connectivity index is 0.000000640. The van der Waals surface area contributed by atoms with Gasteiger partial charge in [0.2, 0.25) is 0 Å². The average Bonchev–Trinajstić information content (AvgIpc) is 2.12. The van der Waals surface area contributed by atoms with Crippen molar-refractivity contribution in [3.63, 3.8) is 0 Å². The molecule has 0 aliphatic heterocycles. The lowest BCUT2D eigenvalue weighted by Crippen LogP contribution is -1.77. The SMILES string of the molecule is C.CC(C)c1cccs1. The second kappa shape index (κ2) is 3.67. The maximum Gasteiger partial charge on any atom is 0.00706 e. The highest BCUT2D eigenvalue weighted by Crippen LogP contribution is 2.18. The van der Waals surface area contributed by atoms with Crippen molar-refractivity contribution in [2.45, 2.75) is 27.2 Å². The molecule has 1 aromatic heterocycles. The van der Waals surface area contributed by atoms with Crippen LogP contribution in [0.1, 0.15) is 32.1 Å². The van der Waals surface area contributed by atoms with Crippen LogP contribution in [0.15, 0.2) is 17.5 Å². The third-order valence-electron chi connectivity index (χ3n) is 1.11. The van der Waals surface area contributed by atoms with Gasteiger partial charge in [-0.3, -0.25) is 0 Å². The van der Waals surface area contributed by atoms with Crippen LogP contribution < -0.4 is 0 Å². The molecule has 0 unspecified atom stereocenters. The monoisotopic (exact) mass is 142 g/mol. The van der Waals surface area contributed by atoms with Crippen LogP contribution in [-0.2, 0) is 0 Å². The summed E-state index contributed by atoms with van der Waals surface area (Å²) in [5, 5.41) is 2.12. The Morgan fingerprint density at radius 3 is 2.33 bits per heavy atom. The third-order valence-corrected chi connectivity index (χ3v) is 2.29. The molecule has 0 amide bonds. The van der Waals surface area contributed by atoms with Gasteiger partial charge in [-0.15, -0.1) is 11.3 Å². The molecule has 0 radical (unpaired) electrons. The van der Waals surface area contributed by atoms with Gasteiger partial charge < -0.3 is 0 Å². The normalized spacial score (nSPS) is 9.22. The van der Waals surface area contributed by atoms with E-state index in [1.54, 1.807) is 0 Å². The van der Waals surface area contributed by atoms with Gasteiger partial charge in [-0.1, -0.05) is 27.3 Å². The molecule has 0 spiro atoms. The highest BCUT2D eigenvalue weighted by atomic mass is 32.1. The maximum atomic E-state index is 2.21. The standard InChI is InChI=1S/C7H10S.CH4/c1-6(2)7-4-3-5-8-7;/h3-6H,1-2H3;1H4. The van der Waals surface area contributed by atoms with Gasteiger partial charge in [-0.05, 0) is 17.4 Å². The molecule has 52 valence electrons. The molecule has 0 aliphatic carbocycles. The predicted molar refractivity (Wildman–Crippen MR) is 45.1 cm³/mol. The van der Waals surface area contributed by atoms with Crippen molar-refractivity contribution >= 4 is 11.3 Å². The lowest BCUT2D eigenvalue weighted by Gasteiger charge is -1.95. The lowest BCUT2D eigenvalue weighted by atomic mass is 10.2. The molecule has 0 fully saturated rings. The first kappa shape index (κ1) is 8.70. The molecular weight excluding hydrogens is 128 g/mol. The first-order valence-corrected chi connectivity index (χ1v) is 3.72. The summed E-state index contributed by atoms with van der Waals surface area (Å²) in [6.07, 6.45) is 0. The van der Waals surface area contributed by atoms with Crippen molar-refractivity contribution in [1.29, 1.82) is 0 Å². The molecule has 1 aromatic rings. The lowest BCUT2D eigenvalue weighted by molar-refractivity contribution is 0.890. The summed E-state index contributed by atoms with van der Waals surface area (Å²) in [4.78, 5) is 1.48. The minimum atomic E-state index is 0. The zero-order valence-corrected chi connectivity index (χ0v) is 6.03. The Morgan fingerprint density at radius 2 is 2.11 bits per heavy atom. The molecule has 0 N–H and O–H groups in total. The fraction of sp³-hybridized carbons (Fsp3) is 0.500. The summed E-state index contributed by atoms with van der Waals surface area (Å²) >= 11 is 1.83. The number of rotatable bonds is 1. The number of thiophene rings is 1. The maximum absolute atomic E-state index is 2.21. The van der Waals surface area contributed by atoms with E-state index in [1.807, 2.05) is 11.3 Å². The minimum absolute atomic E-state index is 0. The van der Waals surface area contributed by atoms with Gasteiger partial charge >= 0.3 is 0 Å². The molecule has 0 bridgehead atoms. The van der Waals surface area contributed by atoms with E-state index in [-0.39, 0.29) is 7.43 Å². The smallest absolute Gasteiger partial charge is 0.00706 e. The molecule has 0 aliphatic rings. The zero-order chi connectivity index (χ0) is 5.98. The molecular formula is C8H14S. The Hall–Kier alpha value is -0.300. The number of hydrogen-bond donors (Lipinski definition) is 0. The van der Waals surface area contributed by atoms with Crippen LogP contribution >= 0.6 is 11.3 Å². The molecule has 0 saturated heterocycles. The molecule has 0 aromatic carbocycles. The van der Waals surface area contributed by atoms with Gasteiger partial charge in [0.15, 0.2) is 0 Å². The van der Waals surface area contributed by atoms with Crippen LogP contribution in [0.2, 0.25) is 0 Å². The van der Waals surface area contributed by atoms with Gasteiger partial charge in [0.1, 0.15) is 0 Å². The van der Waals surface area contributed by atoms with Crippen LogP contribution in [0.3, 0.4) is 0 Å². The largest absolute Gasteiger partial charge is 0.149 e. The van der Waals surface area contributed by atoms with Crippen molar-refractivity contribution < 1.29 is 0 Å². The van der Waals surface area contributed by atoms with Gasteiger partial charge in [0.25, 0.3) is 0 Å². The van der Waals surface area contributed by atoms with E-state index in [4.69, 9.17) is 0 Å². The Bertz CT molecular complexity index is 140. The van der Waals surface area contributed by atoms with E-state index in [0.717, 1.165) is 0 Å². The van der Waals surface area contributed by atoms with Crippen molar-refractivity contribution in [1.82, 2.24) is 0 Å². The first-order valence-electron chi connectivity index (χ1n) is 2.84. The number of hydrogen-bond acceptors (Lipinski definition) is 1. The van der Waals surface area contributed by atoms with E-state index < -0.39 is 0 Å². The quantitative estimate of drug-likeness (QED) is 0.563. The highest BCUT2D eigenvalue weighted by Gasteiger charge is 1.95. The van der Waals surface area contributed by atoms with Crippen LogP contribution in [0.25, 0.3) is 0 Å². The summed E-state index contributed by atoms with van der Waals surface area (Å²) in [5.74, 6) is 0.704. The van der Waals surface area contributed by atoms with Crippen molar-refractivity contribution in [2.75, 3.05) is 0 Å². The molecule has 0 nitrogen and oxygen atoms in total. The van der Waals surface area contributed by atoms with E-state index in [2.05, 4.69) is 31.4 Å². The van der Waals surface area contributed by atoms with Gasteiger partial charge in [-0.25, -0.2) is 0 Å². The molecule has 1 heterocycles. The van der Waals surface area contributed by atoms with E-state index >= 15 is 0 Å². The first-order chi connectivity index (χ1) is 3.80. The van der Waals surface area contributed by atoms with E-state index in [0.29, 0.717) is 5.92 Å². The third kappa shape index (κ3) is 2.19. The zero-order valence-electron chi connectivity index (χ0n) is 5.22. The average molecular weight is 142 g/mol. The van der Waals surface area contributed by atoms with Crippen LogP contribution in [0.4, 0.5) is 0 Å². The van der Waals surface area contributed by atoms with Gasteiger partial charge in [0.05, 0.1) is 0 Å². The van der Waals surface area contributed by atoms with Gasteiger partial charge in [0, 0.05) is 4.88 Å². The molecule has 0 atom stereocenters. The summed E-state index contributed by atoms with van der Waals surface area (Å²) in [5.41, 5.74) is 0. The Morgan fingerprint density at radius 1 is 1.44 bits per heavy atom. The topological polar surface area (TPSA) is 0 Å². The highest BCUT2D eigenvalue weighted by molar-refractivity contribution is 7.10. The van der Waals surface area contributed by atoms with Gasteiger partial charge in [-0.2, -0.15) is 0 Å². The fourth-order valence-electron chi connectivity index (χ4n) is 0.620. The van der Waals surface area contributed by atoms with Crippen molar-refractivity contribution in [3.8, 4) is 0 Å². The predicted octanol–water partition coefficient (Wildman–Crippen LogP) is 3.51. The summed E-state index contributed by atoms with van der Waals surface area (Å²) in [6.45, 7) is 4.43. The Kier molecular flexibility index (Phi) is 3.55. The van der Waals surface area contributed by atoms with Crippen LogP contribution in [0, 0.1) is 0 Å². The second-order valence-electron chi connectivity index (χ2n) is 2.17. The Labute approximate surface area is 61.5 Å². The fourth-order valence-corrected chi connectivity index (χ4v) is 1.36. The van der Waals surface area contributed by atoms with Crippen LogP contribution in [-0.4, -0.2) is 0 Å². The van der Waals surface area contributed by atoms with Crippen LogP contribution in [0.5, 0.6) is 0 Å². The molecule has 1 rings (SSSR count). The van der Waals surface area contributed by atoms with Crippen molar-refractivity contribution in [3.05, 3.63) is 22.4 Å². The minimum Gasteiger partial charge on any atom is -0.149 e.